The SMILES string of the molecule is COc1ccc(Br)cc1CCN(CCCCN)C(C)C.O=C(O)C(=O)O. The maximum atomic E-state index is 9.10. The fraction of sp³-hybridized carbons (Fsp3) is 0.556. The topological polar surface area (TPSA) is 113 Å². The lowest BCUT2D eigenvalue weighted by atomic mass is 10.1. The highest BCUT2D eigenvalue weighted by atomic mass is 79.9. The molecule has 0 fully saturated rings. The van der Waals surface area contributed by atoms with Gasteiger partial charge in [-0.3, -0.25) is 0 Å². The Bertz CT molecular complexity index is 555. The molecule has 26 heavy (non-hydrogen) atoms. The Labute approximate surface area is 163 Å². The number of rotatable bonds is 9. The molecule has 0 unspecified atom stereocenters. The van der Waals surface area contributed by atoms with Crippen LogP contribution in [0.25, 0.3) is 0 Å². The van der Waals surface area contributed by atoms with Crippen molar-refractivity contribution in [2.24, 2.45) is 5.73 Å². The van der Waals surface area contributed by atoms with Gasteiger partial charge in [-0.15, -0.1) is 0 Å². The number of carbonyl (C=O) groups is 2. The molecule has 1 aromatic carbocycles. The van der Waals surface area contributed by atoms with Crippen molar-refractivity contribution < 1.29 is 24.5 Å². The summed E-state index contributed by atoms with van der Waals surface area (Å²) >= 11 is 3.53. The number of halogens is 1. The van der Waals surface area contributed by atoms with E-state index in [2.05, 4.69) is 40.7 Å². The second kappa shape index (κ2) is 13.5. The summed E-state index contributed by atoms with van der Waals surface area (Å²) in [5.41, 5.74) is 6.83. The first kappa shape index (κ1) is 24.4. The third-order valence-corrected chi connectivity index (χ3v) is 4.22. The number of nitrogens with zero attached hydrogens (tertiary/aromatic N) is 1. The van der Waals surface area contributed by atoms with E-state index >= 15 is 0 Å². The molecule has 1 aromatic rings. The van der Waals surface area contributed by atoms with Gasteiger partial charge in [0.05, 0.1) is 7.11 Å². The van der Waals surface area contributed by atoms with Gasteiger partial charge in [0.2, 0.25) is 0 Å². The molecule has 0 aliphatic rings. The second-order valence-electron chi connectivity index (χ2n) is 5.94. The quantitative estimate of drug-likeness (QED) is 0.405. The Morgan fingerprint density at radius 2 is 1.81 bits per heavy atom. The van der Waals surface area contributed by atoms with Crippen LogP contribution in [-0.2, 0) is 16.0 Å². The van der Waals surface area contributed by atoms with E-state index in [1.54, 1.807) is 7.11 Å². The number of nitrogens with two attached hydrogens (primary N) is 1. The maximum Gasteiger partial charge on any atom is 0.414 e. The number of hydrogen-bond donors (Lipinski definition) is 3. The summed E-state index contributed by atoms with van der Waals surface area (Å²) in [7, 11) is 1.73. The number of methoxy groups -OCH3 is 1. The summed E-state index contributed by atoms with van der Waals surface area (Å²) in [5, 5.41) is 14.8. The van der Waals surface area contributed by atoms with Crippen molar-refractivity contribution in [1.82, 2.24) is 4.90 Å². The average molecular weight is 433 g/mol. The normalized spacial score (nSPS) is 10.4. The third-order valence-electron chi connectivity index (χ3n) is 3.72. The lowest BCUT2D eigenvalue weighted by Crippen LogP contribution is -2.34. The van der Waals surface area contributed by atoms with E-state index in [-0.39, 0.29) is 0 Å². The zero-order valence-electron chi connectivity index (χ0n) is 15.6. The lowest BCUT2D eigenvalue weighted by Gasteiger charge is -2.26. The van der Waals surface area contributed by atoms with E-state index < -0.39 is 11.9 Å². The van der Waals surface area contributed by atoms with Crippen LogP contribution in [0.5, 0.6) is 5.75 Å². The van der Waals surface area contributed by atoms with Crippen molar-refractivity contribution in [3.8, 4) is 5.75 Å². The maximum absolute atomic E-state index is 9.10. The smallest absolute Gasteiger partial charge is 0.414 e. The van der Waals surface area contributed by atoms with Gasteiger partial charge in [-0.25, -0.2) is 9.59 Å². The molecular formula is C18H29BrN2O5. The Balaban J connectivity index is 0.000000896. The zero-order valence-corrected chi connectivity index (χ0v) is 17.2. The molecule has 0 aliphatic carbocycles. The minimum absolute atomic E-state index is 0.561. The molecule has 148 valence electrons. The first-order valence-electron chi connectivity index (χ1n) is 8.45. The van der Waals surface area contributed by atoms with E-state index in [9.17, 15) is 0 Å². The van der Waals surface area contributed by atoms with E-state index in [0.29, 0.717) is 6.04 Å². The van der Waals surface area contributed by atoms with Crippen LogP contribution in [0.4, 0.5) is 0 Å². The number of ether oxygens (including phenoxy) is 1. The van der Waals surface area contributed by atoms with Crippen LogP contribution in [0.1, 0.15) is 32.3 Å². The fourth-order valence-electron chi connectivity index (χ4n) is 2.29. The summed E-state index contributed by atoms with van der Waals surface area (Å²) < 4.78 is 6.54. The van der Waals surface area contributed by atoms with Crippen LogP contribution in [-0.4, -0.2) is 59.8 Å². The van der Waals surface area contributed by atoms with Crippen LogP contribution in [0.2, 0.25) is 0 Å². The summed E-state index contributed by atoms with van der Waals surface area (Å²) in [6.07, 6.45) is 3.27. The van der Waals surface area contributed by atoms with E-state index in [1.807, 2.05) is 12.1 Å². The Morgan fingerprint density at radius 3 is 2.27 bits per heavy atom. The molecule has 0 saturated carbocycles. The number of aliphatic carboxylic acids is 2. The largest absolute Gasteiger partial charge is 0.496 e. The van der Waals surface area contributed by atoms with Crippen LogP contribution in [0, 0.1) is 0 Å². The third kappa shape index (κ3) is 10.4. The summed E-state index contributed by atoms with van der Waals surface area (Å²) in [4.78, 5) is 20.7. The van der Waals surface area contributed by atoms with Crippen molar-refractivity contribution >= 4 is 27.9 Å². The Kier molecular flexibility index (Phi) is 12.7. The number of benzene rings is 1. The average Bonchev–Trinajstić information content (AvgIpc) is 2.58. The predicted molar refractivity (Wildman–Crippen MR) is 105 cm³/mol. The van der Waals surface area contributed by atoms with Gasteiger partial charge in [-0.2, -0.15) is 0 Å². The van der Waals surface area contributed by atoms with Crippen molar-refractivity contribution in [1.29, 1.82) is 0 Å². The predicted octanol–water partition coefficient (Wildman–Crippen LogP) is 2.61. The molecule has 7 nitrogen and oxygen atoms in total. The van der Waals surface area contributed by atoms with Crippen molar-refractivity contribution in [2.75, 3.05) is 26.7 Å². The van der Waals surface area contributed by atoms with Gasteiger partial charge >= 0.3 is 11.9 Å². The van der Waals surface area contributed by atoms with E-state index in [0.717, 1.165) is 42.7 Å². The minimum Gasteiger partial charge on any atom is -0.496 e. The molecule has 0 atom stereocenters. The molecule has 0 saturated heterocycles. The second-order valence-corrected chi connectivity index (χ2v) is 6.86. The molecule has 0 amide bonds. The van der Waals surface area contributed by atoms with E-state index in [4.69, 9.17) is 30.3 Å². The van der Waals surface area contributed by atoms with Gasteiger partial charge in [-0.1, -0.05) is 15.9 Å². The molecule has 0 radical (unpaired) electrons. The van der Waals surface area contributed by atoms with Crippen LogP contribution in [0.15, 0.2) is 22.7 Å². The van der Waals surface area contributed by atoms with Crippen LogP contribution < -0.4 is 10.5 Å². The van der Waals surface area contributed by atoms with Gasteiger partial charge in [0.1, 0.15) is 5.75 Å². The molecule has 1 rings (SSSR count). The molecule has 4 N–H and O–H groups in total. The molecular weight excluding hydrogens is 404 g/mol. The summed E-state index contributed by atoms with van der Waals surface area (Å²) in [6, 6.07) is 6.75. The molecule has 8 heteroatoms. The summed E-state index contributed by atoms with van der Waals surface area (Å²) in [6.45, 7) is 7.45. The summed E-state index contributed by atoms with van der Waals surface area (Å²) in [5.74, 6) is -2.68. The fourth-order valence-corrected chi connectivity index (χ4v) is 2.70. The highest BCUT2D eigenvalue weighted by Crippen LogP contribution is 2.23. The Hall–Kier alpha value is -1.64. The first-order chi connectivity index (χ1) is 12.2. The number of hydrogen-bond acceptors (Lipinski definition) is 5. The number of carboxylic acids is 2. The molecule has 0 bridgehead atoms. The molecule has 0 aliphatic heterocycles. The van der Waals surface area contributed by atoms with Gasteiger partial charge < -0.3 is 25.6 Å². The van der Waals surface area contributed by atoms with E-state index in [1.165, 1.54) is 12.0 Å². The van der Waals surface area contributed by atoms with Crippen molar-refractivity contribution in [3.05, 3.63) is 28.2 Å². The van der Waals surface area contributed by atoms with Crippen LogP contribution >= 0.6 is 15.9 Å². The van der Waals surface area contributed by atoms with Gasteiger partial charge in [0, 0.05) is 17.1 Å². The molecule has 0 spiro atoms. The zero-order chi connectivity index (χ0) is 20.1. The van der Waals surface area contributed by atoms with Crippen molar-refractivity contribution in [2.45, 2.75) is 39.2 Å². The molecule has 0 aromatic heterocycles. The number of carboxylic acid groups (broad SMARTS) is 2. The number of unbranched alkanes of at least 4 members (excludes halogenated alkanes) is 1. The minimum atomic E-state index is -1.82. The first-order valence-corrected chi connectivity index (χ1v) is 9.25. The van der Waals surface area contributed by atoms with Gasteiger partial charge in [0.15, 0.2) is 0 Å². The monoisotopic (exact) mass is 432 g/mol. The van der Waals surface area contributed by atoms with Crippen molar-refractivity contribution in [3.63, 3.8) is 0 Å². The lowest BCUT2D eigenvalue weighted by molar-refractivity contribution is -0.159. The van der Waals surface area contributed by atoms with Crippen LogP contribution in [0.3, 0.4) is 0 Å². The van der Waals surface area contributed by atoms with Gasteiger partial charge in [0.25, 0.3) is 0 Å². The molecule has 0 heterocycles. The standard InChI is InChI=1S/C16H27BrN2O.C2H2O4/c1-13(2)19(10-5-4-9-18)11-8-14-12-15(17)6-7-16(14)20-3;3-1(4)2(5)6/h6-7,12-13H,4-5,8-11,18H2,1-3H3;(H,3,4)(H,5,6). The highest BCUT2D eigenvalue weighted by Gasteiger charge is 2.11. The van der Waals surface area contributed by atoms with Gasteiger partial charge in [-0.05, 0) is 70.0 Å². The highest BCUT2D eigenvalue weighted by molar-refractivity contribution is 9.10. The Morgan fingerprint density at radius 1 is 1.19 bits per heavy atom.